The molecule has 0 radical (unpaired) electrons. The molecule has 2 rings (SSSR count). The van der Waals surface area contributed by atoms with E-state index in [1.54, 1.807) is 0 Å². The van der Waals surface area contributed by atoms with Crippen molar-refractivity contribution >= 4 is 41.5 Å². The maximum absolute atomic E-state index is 12.6. The lowest BCUT2D eigenvalue weighted by Gasteiger charge is -2.28. The first-order valence-corrected chi connectivity index (χ1v) is 7.72. The molecule has 9 nitrogen and oxygen atoms in total. The quantitative estimate of drug-likeness (QED) is 0.419. The van der Waals surface area contributed by atoms with E-state index in [1.165, 1.54) is 7.11 Å². The summed E-state index contributed by atoms with van der Waals surface area (Å²) in [6.45, 7) is -0.270. The third kappa shape index (κ3) is 4.84. The third-order valence-corrected chi connectivity index (χ3v) is 3.69. The second-order valence-corrected chi connectivity index (χ2v) is 5.59. The highest BCUT2D eigenvalue weighted by molar-refractivity contribution is 6.33. The van der Waals surface area contributed by atoms with E-state index in [0.717, 1.165) is 11.1 Å². The number of urea groups is 1. The smallest absolute Gasteiger partial charge is 0.399 e. The summed E-state index contributed by atoms with van der Waals surface area (Å²) in [5, 5.41) is 7.68. The van der Waals surface area contributed by atoms with E-state index in [9.17, 15) is 27.6 Å². The average molecular weight is 408 g/mol. The lowest BCUT2D eigenvalue weighted by Crippen LogP contribution is -2.59. The number of aromatic nitrogens is 1. The molecule has 1 saturated heterocycles. The Labute approximate surface area is 155 Å². The summed E-state index contributed by atoms with van der Waals surface area (Å²) >= 11 is 5.75. The van der Waals surface area contributed by atoms with Gasteiger partial charge in [-0.15, -0.1) is 0 Å². The third-order valence-electron chi connectivity index (χ3n) is 3.40. The first-order valence-electron chi connectivity index (χ1n) is 7.34. The standard InChI is InChI=1S/C14H13ClF3N5O4/c1-27-21-6-8-11(24)22-13(26)23(12(8)25)3-2-19-10-9(15)4-7(5-20-10)14(16,17)18/h4-6,8H,2-3H2,1H3,(H,19,20)(H,22,24,26)/b21-6-. The number of nitrogens with one attached hydrogen (secondary N) is 2. The Balaban J connectivity index is 2.01. The molecule has 0 bridgehead atoms. The zero-order valence-electron chi connectivity index (χ0n) is 13.7. The van der Waals surface area contributed by atoms with Crippen LogP contribution in [0.2, 0.25) is 5.02 Å². The summed E-state index contributed by atoms with van der Waals surface area (Å²) in [6, 6.07) is -0.230. The first-order chi connectivity index (χ1) is 12.6. The summed E-state index contributed by atoms with van der Waals surface area (Å²) in [7, 11) is 1.22. The van der Waals surface area contributed by atoms with Gasteiger partial charge in [-0.05, 0) is 6.07 Å². The van der Waals surface area contributed by atoms with Crippen molar-refractivity contribution in [3.05, 3.63) is 22.8 Å². The molecule has 2 N–H and O–H groups in total. The van der Waals surface area contributed by atoms with Crippen molar-refractivity contribution < 1.29 is 32.4 Å². The van der Waals surface area contributed by atoms with Gasteiger partial charge in [-0.25, -0.2) is 9.78 Å². The van der Waals surface area contributed by atoms with Gasteiger partial charge in [0.15, 0.2) is 5.92 Å². The minimum atomic E-state index is -4.58. The van der Waals surface area contributed by atoms with Gasteiger partial charge in [-0.2, -0.15) is 13.2 Å². The van der Waals surface area contributed by atoms with Crippen LogP contribution >= 0.6 is 11.6 Å². The molecule has 146 valence electrons. The van der Waals surface area contributed by atoms with Crippen molar-refractivity contribution in [2.24, 2.45) is 11.1 Å². The van der Waals surface area contributed by atoms with Crippen LogP contribution in [-0.4, -0.2) is 54.1 Å². The van der Waals surface area contributed by atoms with Gasteiger partial charge in [-0.1, -0.05) is 16.8 Å². The fraction of sp³-hybridized carbons (Fsp3) is 0.357. The molecule has 1 aliphatic rings. The van der Waals surface area contributed by atoms with E-state index in [4.69, 9.17) is 11.6 Å². The highest BCUT2D eigenvalue weighted by atomic mass is 35.5. The molecule has 2 heterocycles. The number of halogens is 4. The summed E-state index contributed by atoms with van der Waals surface area (Å²) in [5.41, 5.74) is -1.01. The van der Waals surface area contributed by atoms with Crippen LogP contribution in [0.1, 0.15) is 5.56 Å². The van der Waals surface area contributed by atoms with E-state index >= 15 is 0 Å². The zero-order valence-corrected chi connectivity index (χ0v) is 14.5. The average Bonchev–Trinajstić information content (AvgIpc) is 2.57. The van der Waals surface area contributed by atoms with Gasteiger partial charge in [0.25, 0.3) is 0 Å². The molecule has 1 aliphatic heterocycles. The monoisotopic (exact) mass is 407 g/mol. The molecule has 13 heteroatoms. The lowest BCUT2D eigenvalue weighted by molar-refractivity contribution is -0.139. The summed E-state index contributed by atoms with van der Waals surface area (Å²) in [6.07, 6.45) is -3.04. The van der Waals surface area contributed by atoms with Crippen LogP contribution in [0.3, 0.4) is 0 Å². The van der Waals surface area contributed by atoms with Gasteiger partial charge in [0.1, 0.15) is 12.9 Å². The Hall–Kier alpha value is -2.89. The van der Waals surface area contributed by atoms with Crippen molar-refractivity contribution in [3.63, 3.8) is 0 Å². The molecule has 1 atom stereocenters. The van der Waals surface area contributed by atoms with Gasteiger partial charge < -0.3 is 10.2 Å². The Bertz CT molecular complexity index is 787. The largest absolute Gasteiger partial charge is 0.417 e. The minimum absolute atomic E-state index is 0.0527. The number of carbonyl (C=O) groups excluding carboxylic acids is 3. The number of amides is 4. The molecule has 1 unspecified atom stereocenters. The van der Waals surface area contributed by atoms with Gasteiger partial charge in [0.05, 0.1) is 16.8 Å². The van der Waals surface area contributed by atoms with Crippen LogP contribution in [-0.2, 0) is 20.6 Å². The number of imide groups is 2. The van der Waals surface area contributed by atoms with Crippen molar-refractivity contribution in [2.75, 3.05) is 25.5 Å². The lowest BCUT2D eigenvalue weighted by atomic mass is 10.1. The van der Waals surface area contributed by atoms with Crippen molar-refractivity contribution in [2.45, 2.75) is 6.18 Å². The number of alkyl halides is 3. The normalized spacial score (nSPS) is 18.0. The molecule has 1 aromatic heterocycles. The van der Waals surface area contributed by atoms with E-state index in [0.29, 0.717) is 12.3 Å². The Morgan fingerprint density at radius 2 is 2.15 bits per heavy atom. The maximum atomic E-state index is 12.6. The van der Waals surface area contributed by atoms with Crippen LogP contribution in [0, 0.1) is 5.92 Å². The van der Waals surface area contributed by atoms with Crippen LogP contribution in [0.4, 0.5) is 23.8 Å². The summed E-state index contributed by atoms with van der Waals surface area (Å²) in [5.74, 6) is -3.06. The molecule has 1 aromatic rings. The van der Waals surface area contributed by atoms with Crippen LogP contribution < -0.4 is 10.6 Å². The second kappa shape index (κ2) is 8.20. The zero-order chi connectivity index (χ0) is 20.2. The van der Waals surface area contributed by atoms with Gasteiger partial charge in [-0.3, -0.25) is 19.8 Å². The Kier molecular flexibility index (Phi) is 6.20. The number of oxime groups is 1. The number of barbiturate groups is 1. The minimum Gasteiger partial charge on any atom is -0.399 e. The van der Waals surface area contributed by atoms with Crippen LogP contribution in [0.25, 0.3) is 0 Å². The highest BCUT2D eigenvalue weighted by Crippen LogP contribution is 2.32. The SMILES string of the molecule is CO/N=C\C1C(=O)NC(=O)N(CCNc2ncc(C(F)(F)F)cc2Cl)C1=O. The van der Waals surface area contributed by atoms with Crippen molar-refractivity contribution in [3.8, 4) is 0 Å². The number of carbonyl (C=O) groups is 3. The summed E-state index contributed by atoms with van der Waals surface area (Å²) in [4.78, 5) is 44.4. The highest BCUT2D eigenvalue weighted by Gasteiger charge is 2.39. The van der Waals surface area contributed by atoms with Gasteiger partial charge in [0.2, 0.25) is 11.8 Å². The molecule has 0 spiro atoms. The Morgan fingerprint density at radius 1 is 1.44 bits per heavy atom. The van der Waals surface area contributed by atoms with E-state index in [1.807, 2.05) is 5.32 Å². The number of hydrogen-bond donors (Lipinski definition) is 2. The summed E-state index contributed by atoms with van der Waals surface area (Å²) < 4.78 is 37.7. The molecule has 0 saturated carbocycles. The van der Waals surface area contributed by atoms with E-state index < -0.39 is 35.5 Å². The van der Waals surface area contributed by atoms with Gasteiger partial charge in [0, 0.05) is 19.3 Å². The van der Waals surface area contributed by atoms with Crippen molar-refractivity contribution in [1.29, 1.82) is 0 Å². The predicted molar refractivity (Wildman–Crippen MR) is 87.0 cm³/mol. The molecule has 1 fully saturated rings. The number of rotatable bonds is 6. The Morgan fingerprint density at radius 3 is 2.74 bits per heavy atom. The maximum Gasteiger partial charge on any atom is 0.417 e. The topological polar surface area (TPSA) is 113 Å². The van der Waals surface area contributed by atoms with Crippen LogP contribution in [0.5, 0.6) is 0 Å². The van der Waals surface area contributed by atoms with Crippen molar-refractivity contribution in [1.82, 2.24) is 15.2 Å². The number of pyridine rings is 1. The fourth-order valence-corrected chi connectivity index (χ4v) is 2.34. The molecule has 0 aliphatic carbocycles. The second-order valence-electron chi connectivity index (χ2n) is 5.18. The molecular weight excluding hydrogens is 395 g/mol. The fourth-order valence-electron chi connectivity index (χ4n) is 2.10. The number of anilines is 1. The van der Waals surface area contributed by atoms with Gasteiger partial charge >= 0.3 is 12.2 Å². The molecule has 0 aromatic carbocycles. The van der Waals surface area contributed by atoms with Crippen LogP contribution in [0.15, 0.2) is 17.4 Å². The van der Waals surface area contributed by atoms with E-state index in [-0.39, 0.29) is 23.9 Å². The number of nitrogens with zero attached hydrogens (tertiary/aromatic N) is 3. The molecular formula is C14H13ClF3N5O4. The van der Waals surface area contributed by atoms with E-state index in [2.05, 4.69) is 20.3 Å². The first kappa shape index (κ1) is 20.4. The molecule has 27 heavy (non-hydrogen) atoms. The number of hydrogen-bond acceptors (Lipinski definition) is 7. The molecule has 4 amide bonds. The predicted octanol–water partition coefficient (Wildman–Crippen LogP) is 1.49.